The van der Waals surface area contributed by atoms with Gasteiger partial charge < -0.3 is 20.4 Å². The highest BCUT2D eigenvalue weighted by Gasteiger charge is 2.20. The molecule has 4 heterocycles. The predicted octanol–water partition coefficient (Wildman–Crippen LogP) is 3.90. The van der Waals surface area contributed by atoms with Crippen LogP contribution in [0, 0.1) is 5.82 Å². The molecule has 1 aromatic carbocycles. The Kier molecular flexibility index (Phi) is 6.25. The van der Waals surface area contributed by atoms with Crippen molar-refractivity contribution in [2.24, 2.45) is 0 Å². The first-order valence-electron chi connectivity index (χ1n) is 11.0. The highest BCUT2D eigenvalue weighted by atomic mass is 35.5. The van der Waals surface area contributed by atoms with E-state index in [0.717, 1.165) is 26.2 Å². The number of benzene rings is 1. The van der Waals surface area contributed by atoms with Crippen LogP contribution in [0.25, 0.3) is 22.2 Å². The SMILES string of the molecule is CN1CCN(NC(=O)c2cc(-c3nccc4c(Nc5ccc(F)c(Cl)c5)c(N)oc34)ccn2)CC1. The largest absolute Gasteiger partial charge is 0.436 e. The molecule has 1 fully saturated rings. The first kappa shape index (κ1) is 23.0. The molecule has 4 N–H and O–H groups in total. The maximum atomic E-state index is 13.5. The van der Waals surface area contributed by atoms with Crippen molar-refractivity contribution < 1.29 is 13.6 Å². The number of hydrogen-bond acceptors (Lipinski definition) is 8. The van der Waals surface area contributed by atoms with Crippen molar-refractivity contribution in [3.63, 3.8) is 0 Å². The summed E-state index contributed by atoms with van der Waals surface area (Å²) in [6.07, 6.45) is 3.18. The number of nitrogens with two attached hydrogens (primary N) is 1. The van der Waals surface area contributed by atoms with Gasteiger partial charge in [0, 0.05) is 49.8 Å². The van der Waals surface area contributed by atoms with Crippen molar-refractivity contribution in [1.29, 1.82) is 0 Å². The van der Waals surface area contributed by atoms with Crippen LogP contribution < -0.4 is 16.5 Å². The number of nitrogen functional groups attached to an aromatic ring is 1. The smallest absolute Gasteiger partial charge is 0.284 e. The fraction of sp³-hybridized carbons (Fsp3) is 0.208. The first-order chi connectivity index (χ1) is 16.9. The maximum absolute atomic E-state index is 13.5. The lowest BCUT2D eigenvalue weighted by atomic mass is 10.1. The average Bonchev–Trinajstić information content (AvgIpc) is 3.18. The van der Waals surface area contributed by atoms with E-state index in [1.165, 1.54) is 12.1 Å². The van der Waals surface area contributed by atoms with Gasteiger partial charge in [-0.2, -0.15) is 0 Å². The Morgan fingerprint density at radius 1 is 1.11 bits per heavy atom. The van der Waals surface area contributed by atoms with Gasteiger partial charge >= 0.3 is 0 Å². The van der Waals surface area contributed by atoms with E-state index in [4.69, 9.17) is 21.8 Å². The van der Waals surface area contributed by atoms with Crippen molar-refractivity contribution in [3.05, 3.63) is 65.3 Å². The third-order valence-corrected chi connectivity index (χ3v) is 6.14. The van der Waals surface area contributed by atoms with Crippen LogP contribution in [0.4, 0.5) is 21.6 Å². The van der Waals surface area contributed by atoms with Crippen molar-refractivity contribution in [2.45, 2.75) is 0 Å². The Morgan fingerprint density at radius 3 is 2.66 bits per heavy atom. The van der Waals surface area contributed by atoms with Crippen molar-refractivity contribution in [1.82, 2.24) is 25.3 Å². The number of hydrazine groups is 1. The second-order valence-electron chi connectivity index (χ2n) is 8.29. The summed E-state index contributed by atoms with van der Waals surface area (Å²) in [5.41, 5.74) is 12.0. The summed E-state index contributed by atoms with van der Waals surface area (Å²) >= 11 is 5.90. The predicted molar refractivity (Wildman–Crippen MR) is 133 cm³/mol. The van der Waals surface area contributed by atoms with Gasteiger partial charge in [0.2, 0.25) is 5.88 Å². The van der Waals surface area contributed by atoms with Crippen molar-refractivity contribution >= 4 is 45.7 Å². The molecular formula is C24H23ClFN7O2. The van der Waals surface area contributed by atoms with E-state index in [2.05, 4.69) is 32.7 Å². The summed E-state index contributed by atoms with van der Waals surface area (Å²) in [7, 11) is 2.05. The van der Waals surface area contributed by atoms with Crippen molar-refractivity contribution in [2.75, 3.05) is 44.3 Å². The van der Waals surface area contributed by atoms with Gasteiger partial charge in [0.15, 0.2) is 5.58 Å². The van der Waals surface area contributed by atoms with E-state index in [1.807, 2.05) is 5.01 Å². The highest BCUT2D eigenvalue weighted by molar-refractivity contribution is 6.31. The van der Waals surface area contributed by atoms with E-state index in [9.17, 15) is 9.18 Å². The van der Waals surface area contributed by atoms with Gasteiger partial charge in [-0.15, -0.1) is 0 Å². The molecule has 0 atom stereocenters. The number of nitrogens with zero attached hydrogens (tertiary/aromatic N) is 4. The van der Waals surface area contributed by atoms with Crippen LogP contribution in [0.2, 0.25) is 5.02 Å². The molecule has 9 nitrogen and oxygen atoms in total. The molecule has 35 heavy (non-hydrogen) atoms. The first-order valence-corrected chi connectivity index (χ1v) is 11.4. The number of rotatable bonds is 5. The molecule has 1 aliphatic rings. The molecule has 0 radical (unpaired) electrons. The summed E-state index contributed by atoms with van der Waals surface area (Å²) in [4.78, 5) is 23.7. The average molecular weight is 496 g/mol. The second-order valence-corrected chi connectivity index (χ2v) is 8.70. The third-order valence-electron chi connectivity index (χ3n) is 5.85. The number of carbonyl (C=O) groups excluding carboxylic acids is 1. The quantitative estimate of drug-likeness (QED) is 0.382. The van der Waals surface area contributed by atoms with E-state index in [-0.39, 0.29) is 22.5 Å². The number of halogens is 2. The minimum atomic E-state index is -0.515. The van der Waals surface area contributed by atoms with Crippen LogP contribution in [0.5, 0.6) is 0 Å². The number of nitrogens with one attached hydrogen (secondary N) is 2. The Hall–Kier alpha value is -3.73. The molecule has 0 saturated carbocycles. The second kappa shape index (κ2) is 9.49. The molecule has 0 unspecified atom stereocenters. The molecule has 1 amide bonds. The number of amides is 1. The Morgan fingerprint density at radius 2 is 1.89 bits per heavy atom. The number of anilines is 3. The molecule has 1 aliphatic heterocycles. The van der Waals surface area contributed by atoms with Crippen LogP contribution in [0.3, 0.4) is 0 Å². The van der Waals surface area contributed by atoms with Gasteiger partial charge in [-0.05, 0) is 43.4 Å². The lowest BCUT2D eigenvalue weighted by molar-refractivity contribution is 0.0658. The van der Waals surface area contributed by atoms with Crippen molar-refractivity contribution in [3.8, 4) is 11.3 Å². The van der Waals surface area contributed by atoms with E-state index >= 15 is 0 Å². The minimum Gasteiger partial charge on any atom is -0.436 e. The van der Waals surface area contributed by atoms with Gasteiger partial charge in [0.1, 0.15) is 22.9 Å². The number of pyridine rings is 2. The van der Waals surface area contributed by atoms with Crippen LogP contribution in [0.15, 0.2) is 53.2 Å². The maximum Gasteiger partial charge on any atom is 0.284 e. The van der Waals surface area contributed by atoms with Crippen LogP contribution in [0.1, 0.15) is 10.5 Å². The molecule has 11 heteroatoms. The Labute approximate surface area is 205 Å². The van der Waals surface area contributed by atoms with Crippen LogP contribution >= 0.6 is 11.6 Å². The fourth-order valence-electron chi connectivity index (χ4n) is 3.92. The van der Waals surface area contributed by atoms with Gasteiger partial charge in [-0.3, -0.25) is 20.2 Å². The molecule has 0 aliphatic carbocycles. The Balaban J connectivity index is 1.44. The Bertz CT molecular complexity index is 1400. The number of piperazine rings is 1. The normalized spacial score (nSPS) is 14.8. The lowest BCUT2D eigenvalue weighted by Gasteiger charge is -2.32. The van der Waals surface area contributed by atoms with Crippen LogP contribution in [-0.2, 0) is 0 Å². The summed E-state index contributed by atoms with van der Waals surface area (Å²) in [5, 5.41) is 5.69. The van der Waals surface area contributed by atoms with Gasteiger partial charge in [-0.25, -0.2) is 9.40 Å². The monoisotopic (exact) mass is 495 g/mol. The molecule has 0 spiro atoms. The zero-order valence-electron chi connectivity index (χ0n) is 18.9. The fourth-order valence-corrected chi connectivity index (χ4v) is 4.10. The molecule has 5 rings (SSSR count). The molecule has 3 aromatic heterocycles. The number of fused-ring (bicyclic) bond motifs is 1. The van der Waals surface area contributed by atoms with Gasteiger partial charge in [0.25, 0.3) is 5.91 Å². The zero-order valence-corrected chi connectivity index (χ0v) is 19.6. The number of carbonyl (C=O) groups is 1. The van der Waals surface area contributed by atoms with Gasteiger partial charge in [0.05, 0.1) is 10.4 Å². The third kappa shape index (κ3) is 4.76. The molecule has 180 valence electrons. The zero-order chi connectivity index (χ0) is 24.5. The molecule has 4 aromatic rings. The van der Waals surface area contributed by atoms with E-state index in [0.29, 0.717) is 33.6 Å². The summed E-state index contributed by atoms with van der Waals surface area (Å²) in [6, 6.07) is 9.45. The minimum absolute atomic E-state index is 0.0112. The van der Waals surface area contributed by atoms with Gasteiger partial charge in [-0.1, -0.05) is 11.6 Å². The molecule has 1 saturated heterocycles. The highest BCUT2D eigenvalue weighted by Crippen LogP contribution is 2.39. The summed E-state index contributed by atoms with van der Waals surface area (Å²) < 4.78 is 19.4. The number of hydrogen-bond donors (Lipinski definition) is 3. The standard InChI is InChI=1S/C24H23ClFN7O2/c1-32-8-10-33(11-9-32)31-24(34)19-12-14(4-6-28-19)20-22-16(5-7-29-20)21(23(27)35-22)30-15-2-3-18(26)17(25)13-15/h2-7,12-13,30H,8-11,27H2,1H3,(H,31,34). The van der Waals surface area contributed by atoms with Crippen LogP contribution in [-0.4, -0.2) is 59.0 Å². The number of aromatic nitrogens is 2. The van der Waals surface area contributed by atoms with E-state index in [1.54, 1.807) is 36.7 Å². The molecule has 0 bridgehead atoms. The molecular weight excluding hydrogens is 473 g/mol. The summed E-state index contributed by atoms with van der Waals surface area (Å²) in [6.45, 7) is 3.23. The topological polar surface area (TPSA) is 113 Å². The van der Waals surface area contributed by atoms with E-state index < -0.39 is 5.82 Å². The summed E-state index contributed by atoms with van der Waals surface area (Å²) in [5.74, 6) is -0.672. The number of likely N-dealkylation sites (N-methyl/N-ethyl adjacent to an activating group) is 1. The lowest BCUT2D eigenvalue weighted by Crippen LogP contribution is -2.52. The number of furan rings is 1.